The van der Waals surface area contributed by atoms with Crippen molar-refractivity contribution in [3.63, 3.8) is 0 Å². The molecule has 3 saturated carbocycles. The number of ketones is 2. The van der Waals surface area contributed by atoms with Crippen LogP contribution in [0.1, 0.15) is 53.4 Å². The van der Waals surface area contributed by atoms with Crippen molar-refractivity contribution in [3.05, 3.63) is 23.8 Å². The minimum Gasteiger partial charge on any atom is -0.450 e. The predicted molar refractivity (Wildman–Crippen MR) is 114 cm³/mol. The summed E-state index contributed by atoms with van der Waals surface area (Å²) in [6.45, 7) is 5.62. The first-order valence-electron chi connectivity index (χ1n) is 11.7. The van der Waals surface area contributed by atoms with E-state index in [1.807, 2.05) is 0 Å². The molecular weight excluding hydrogens is 434 g/mol. The fourth-order valence-electron chi connectivity index (χ4n) is 7.76. The molecule has 4 aliphatic rings. The molecule has 2 N–H and O–H groups in total. The van der Waals surface area contributed by atoms with Crippen LogP contribution in [0.5, 0.6) is 0 Å². The van der Waals surface area contributed by atoms with Gasteiger partial charge in [0.15, 0.2) is 17.1 Å². The van der Waals surface area contributed by atoms with E-state index in [-0.39, 0.29) is 31.3 Å². The van der Waals surface area contributed by atoms with E-state index in [2.05, 4.69) is 0 Å². The largest absolute Gasteiger partial charge is 0.450 e. The maximum absolute atomic E-state index is 17.2. The highest BCUT2D eigenvalue weighted by molar-refractivity contribution is 6.01. The number of hydrogen-bond donors (Lipinski definition) is 2. The zero-order valence-corrected chi connectivity index (χ0v) is 19.4. The van der Waals surface area contributed by atoms with Crippen LogP contribution < -0.4 is 0 Å². The quantitative estimate of drug-likeness (QED) is 0.618. The molecule has 0 saturated heterocycles. The van der Waals surface area contributed by atoms with Crippen LogP contribution in [-0.4, -0.2) is 57.9 Å². The van der Waals surface area contributed by atoms with Crippen LogP contribution >= 0.6 is 0 Å². The molecule has 0 aromatic heterocycles. The Balaban J connectivity index is 1.88. The summed E-state index contributed by atoms with van der Waals surface area (Å²) in [6.07, 6.45) is 0.299. The number of allylic oxidation sites excluding steroid dienone is 4. The third-order valence-electron chi connectivity index (χ3n) is 9.29. The number of halogens is 2. The number of ether oxygens (including phenoxy) is 1. The van der Waals surface area contributed by atoms with E-state index in [9.17, 15) is 24.6 Å². The maximum Gasteiger partial charge on any atom is 0.306 e. The topological polar surface area (TPSA) is 101 Å². The molecule has 0 heterocycles. The molecule has 8 heteroatoms. The minimum absolute atomic E-state index is 0.00452. The van der Waals surface area contributed by atoms with Crippen LogP contribution in [0.25, 0.3) is 0 Å². The third kappa shape index (κ3) is 2.80. The zero-order chi connectivity index (χ0) is 24.6. The van der Waals surface area contributed by atoms with Gasteiger partial charge >= 0.3 is 5.97 Å². The zero-order valence-electron chi connectivity index (χ0n) is 19.4. The number of alkyl halides is 2. The molecular formula is C25H32F2O6. The van der Waals surface area contributed by atoms with Crippen LogP contribution in [-0.2, 0) is 19.1 Å². The molecule has 4 rings (SSSR count). The number of Topliss-reactive ketones (excluding diaryl/α,β-unsaturated/α-hetero) is 1. The van der Waals surface area contributed by atoms with Gasteiger partial charge in [-0.2, -0.15) is 0 Å². The average molecular weight is 467 g/mol. The number of fused-ring (bicyclic) bond motifs is 5. The normalized spacial score (nSPS) is 48.4. The van der Waals surface area contributed by atoms with E-state index >= 15 is 8.78 Å². The lowest BCUT2D eigenvalue weighted by molar-refractivity contribution is -0.231. The fourth-order valence-corrected chi connectivity index (χ4v) is 7.76. The molecule has 4 aliphatic carbocycles. The number of esters is 1. The van der Waals surface area contributed by atoms with Gasteiger partial charge in [-0.15, -0.1) is 0 Å². The summed E-state index contributed by atoms with van der Waals surface area (Å²) in [5.74, 6) is -3.89. The molecule has 9 atom stereocenters. The standard InChI is InChI=1S/C25H32F2O6/c1-5-21(32)33-25(20(31)12-28)13(2)8-15-16-10-18(26)17-9-14(29)6-7-22(17,3)24(16,27)19(30)11-23(15,25)4/h6-7,9,13,15-16,18-19,28,30H,5,8,10-12H2,1-4H3/t13-,15-,16+,18-,19-,22?,23-,24-,25?/m0/s1. The Bertz CT molecular complexity index is 961. The van der Waals surface area contributed by atoms with Crippen molar-refractivity contribution in [1.29, 1.82) is 0 Å². The van der Waals surface area contributed by atoms with E-state index in [0.717, 1.165) is 6.08 Å². The first-order chi connectivity index (χ1) is 15.3. The van der Waals surface area contributed by atoms with Gasteiger partial charge in [-0.1, -0.05) is 26.8 Å². The van der Waals surface area contributed by atoms with Crippen molar-refractivity contribution < 1.29 is 38.1 Å². The number of carbonyl (C=O) groups is 3. The smallest absolute Gasteiger partial charge is 0.306 e. The Kier molecular flexibility index (Phi) is 5.53. The van der Waals surface area contributed by atoms with Gasteiger partial charge < -0.3 is 14.9 Å². The van der Waals surface area contributed by atoms with Gasteiger partial charge in [0.05, 0.1) is 6.10 Å². The van der Waals surface area contributed by atoms with Gasteiger partial charge in [0, 0.05) is 29.1 Å². The maximum atomic E-state index is 17.2. The summed E-state index contributed by atoms with van der Waals surface area (Å²) in [7, 11) is 0. The monoisotopic (exact) mass is 466 g/mol. The minimum atomic E-state index is -2.28. The summed E-state index contributed by atoms with van der Waals surface area (Å²) in [4.78, 5) is 37.5. The van der Waals surface area contributed by atoms with E-state index in [1.165, 1.54) is 19.1 Å². The lowest BCUT2D eigenvalue weighted by atomic mass is 9.44. The number of hydrogen-bond acceptors (Lipinski definition) is 6. The molecule has 3 fully saturated rings. The second kappa shape index (κ2) is 7.54. The number of carbonyl (C=O) groups excluding carboxylic acids is 3. The summed E-state index contributed by atoms with van der Waals surface area (Å²) in [5, 5.41) is 21.1. The lowest BCUT2D eigenvalue weighted by Gasteiger charge is -2.63. The Morgan fingerprint density at radius 2 is 1.91 bits per heavy atom. The van der Waals surface area contributed by atoms with Gasteiger partial charge in [0.2, 0.25) is 5.78 Å². The van der Waals surface area contributed by atoms with E-state index < -0.39 is 76.3 Å². The lowest BCUT2D eigenvalue weighted by Crippen LogP contribution is -2.71. The molecule has 0 aromatic carbocycles. The fraction of sp³-hybridized carbons (Fsp3) is 0.720. The van der Waals surface area contributed by atoms with Gasteiger partial charge in [-0.05, 0) is 49.8 Å². The number of rotatable bonds is 4. The highest BCUT2D eigenvalue weighted by Crippen LogP contribution is 2.71. The molecule has 6 nitrogen and oxygen atoms in total. The van der Waals surface area contributed by atoms with E-state index in [4.69, 9.17) is 4.74 Å². The van der Waals surface area contributed by atoms with Gasteiger partial charge in [-0.3, -0.25) is 14.4 Å². The van der Waals surface area contributed by atoms with Crippen LogP contribution in [0.2, 0.25) is 0 Å². The van der Waals surface area contributed by atoms with Crippen molar-refractivity contribution in [3.8, 4) is 0 Å². The third-order valence-corrected chi connectivity index (χ3v) is 9.29. The average Bonchev–Trinajstić information content (AvgIpc) is 2.98. The summed E-state index contributed by atoms with van der Waals surface area (Å²) in [6, 6.07) is 0. The highest BCUT2D eigenvalue weighted by atomic mass is 19.1. The molecule has 182 valence electrons. The van der Waals surface area contributed by atoms with Crippen molar-refractivity contribution in [2.45, 2.75) is 76.9 Å². The van der Waals surface area contributed by atoms with Crippen molar-refractivity contribution >= 4 is 17.5 Å². The predicted octanol–water partition coefficient (Wildman–Crippen LogP) is 2.80. The Labute approximate surface area is 192 Å². The van der Waals surface area contributed by atoms with Crippen molar-refractivity contribution in [2.75, 3.05) is 6.61 Å². The van der Waals surface area contributed by atoms with Gasteiger partial charge in [0.1, 0.15) is 12.8 Å². The summed E-state index contributed by atoms with van der Waals surface area (Å²) in [5.41, 5.74) is -6.74. The molecule has 2 unspecified atom stereocenters. The molecule has 0 aliphatic heterocycles. The number of aliphatic hydroxyl groups excluding tert-OH is 2. The first kappa shape index (κ1) is 24.2. The van der Waals surface area contributed by atoms with Gasteiger partial charge in [0.25, 0.3) is 0 Å². The summed E-state index contributed by atoms with van der Waals surface area (Å²) < 4.78 is 38.4. The molecule has 0 bridgehead atoms. The highest BCUT2D eigenvalue weighted by Gasteiger charge is 2.77. The molecule has 0 spiro atoms. The molecule has 33 heavy (non-hydrogen) atoms. The Hall–Kier alpha value is -1.93. The first-order valence-corrected chi connectivity index (χ1v) is 11.7. The van der Waals surface area contributed by atoms with Crippen LogP contribution in [0.4, 0.5) is 8.78 Å². The van der Waals surface area contributed by atoms with Gasteiger partial charge in [-0.25, -0.2) is 8.78 Å². The van der Waals surface area contributed by atoms with E-state index in [1.54, 1.807) is 20.8 Å². The Morgan fingerprint density at radius 3 is 2.52 bits per heavy atom. The van der Waals surface area contributed by atoms with Crippen molar-refractivity contribution in [2.24, 2.45) is 28.6 Å². The van der Waals surface area contributed by atoms with Crippen LogP contribution in [0.3, 0.4) is 0 Å². The second-order valence-corrected chi connectivity index (χ2v) is 10.6. The van der Waals surface area contributed by atoms with Crippen molar-refractivity contribution in [1.82, 2.24) is 0 Å². The molecule has 0 radical (unpaired) electrons. The molecule has 0 amide bonds. The SMILES string of the molecule is CCC(=O)OC1(C(=O)CO)[C@@H](C)C[C@H]2[C@H]3C[C@H](F)C4=CC(=O)C=CC4(C)[C@@]3(F)[C@@H](O)C[C@@]21C. The second-order valence-electron chi connectivity index (χ2n) is 10.6. The Morgan fingerprint density at radius 1 is 1.24 bits per heavy atom. The van der Waals surface area contributed by atoms with Crippen LogP contribution in [0, 0.1) is 28.6 Å². The van der Waals surface area contributed by atoms with E-state index in [0.29, 0.717) is 0 Å². The van der Waals surface area contributed by atoms with Crippen LogP contribution in [0.15, 0.2) is 23.8 Å². The number of aliphatic hydroxyl groups is 2. The molecule has 0 aromatic rings. The summed E-state index contributed by atoms with van der Waals surface area (Å²) >= 11 is 0.